The van der Waals surface area contributed by atoms with E-state index in [1.165, 1.54) is 0 Å². The highest BCUT2D eigenvalue weighted by atomic mass is 79.9. The summed E-state index contributed by atoms with van der Waals surface area (Å²) in [6.07, 6.45) is 2.18. The van der Waals surface area contributed by atoms with E-state index in [9.17, 15) is 9.59 Å². The van der Waals surface area contributed by atoms with Crippen LogP contribution in [-0.4, -0.2) is 33.2 Å². The van der Waals surface area contributed by atoms with Crippen molar-refractivity contribution < 1.29 is 14.7 Å². The van der Waals surface area contributed by atoms with Gasteiger partial charge in [0.05, 0.1) is 10.2 Å². The number of halogens is 1. The Kier molecular flexibility index (Phi) is 3.93. The van der Waals surface area contributed by atoms with Crippen LogP contribution in [0.25, 0.3) is 0 Å². The lowest BCUT2D eigenvalue weighted by Gasteiger charge is -2.17. The number of carbonyl (C=O) groups excluding carboxylic acids is 1. The summed E-state index contributed by atoms with van der Waals surface area (Å²) in [7, 11) is 0. The molecule has 0 radical (unpaired) electrons. The van der Waals surface area contributed by atoms with Crippen LogP contribution in [0.1, 0.15) is 48.8 Å². The van der Waals surface area contributed by atoms with Crippen LogP contribution in [0, 0.1) is 5.92 Å². The number of nitrogens with zero attached hydrogens (tertiary/aromatic N) is 1. The molecule has 7 heteroatoms. The Balaban J connectivity index is 2.13. The molecule has 1 aromatic rings. The van der Waals surface area contributed by atoms with Gasteiger partial charge in [-0.1, -0.05) is 13.8 Å². The Morgan fingerprint density at radius 1 is 1.47 bits per heavy atom. The molecular formula is C12H16BrN3O3. The second-order valence-electron chi connectivity index (χ2n) is 5.11. The second kappa shape index (κ2) is 5.32. The van der Waals surface area contributed by atoms with Crippen LogP contribution in [0.15, 0.2) is 4.47 Å². The van der Waals surface area contributed by atoms with Gasteiger partial charge in [-0.05, 0) is 34.7 Å². The normalized spacial score (nSPS) is 16.4. The molecule has 104 valence electrons. The van der Waals surface area contributed by atoms with Crippen molar-refractivity contribution >= 4 is 27.8 Å². The minimum atomic E-state index is -1.04. The summed E-state index contributed by atoms with van der Waals surface area (Å²) in [6, 6.07) is -0.916. The minimum Gasteiger partial charge on any atom is -0.480 e. The molecule has 1 aliphatic carbocycles. The molecule has 6 nitrogen and oxygen atoms in total. The van der Waals surface area contributed by atoms with E-state index in [1.54, 1.807) is 13.8 Å². The molecule has 1 aliphatic rings. The number of aromatic nitrogens is 2. The first-order chi connectivity index (χ1) is 8.91. The van der Waals surface area contributed by atoms with Crippen molar-refractivity contribution in [3.8, 4) is 0 Å². The first-order valence-electron chi connectivity index (χ1n) is 6.19. The summed E-state index contributed by atoms with van der Waals surface area (Å²) in [5.41, 5.74) is 1.13. The van der Waals surface area contributed by atoms with E-state index in [0.717, 1.165) is 18.5 Å². The fraction of sp³-hybridized carbons (Fsp3) is 0.583. The van der Waals surface area contributed by atoms with Gasteiger partial charge in [-0.15, -0.1) is 0 Å². The molecular weight excluding hydrogens is 314 g/mol. The van der Waals surface area contributed by atoms with Crippen LogP contribution in [0.2, 0.25) is 0 Å². The first-order valence-corrected chi connectivity index (χ1v) is 6.98. The maximum Gasteiger partial charge on any atom is 0.326 e. The third-order valence-electron chi connectivity index (χ3n) is 3.15. The average Bonchev–Trinajstić information content (AvgIpc) is 3.09. The smallest absolute Gasteiger partial charge is 0.326 e. The van der Waals surface area contributed by atoms with Gasteiger partial charge in [0, 0.05) is 5.92 Å². The Morgan fingerprint density at radius 3 is 2.58 bits per heavy atom. The molecule has 1 aromatic heterocycles. The molecule has 0 aromatic carbocycles. The van der Waals surface area contributed by atoms with Gasteiger partial charge in [-0.25, -0.2) is 4.79 Å². The molecule has 0 bridgehead atoms. The molecule has 1 heterocycles. The monoisotopic (exact) mass is 329 g/mol. The number of carbonyl (C=O) groups is 2. The van der Waals surface area contributed by atoms with Crippen LogP contribution in [0.3, 0.4) is 0 Å². The van der Waals surface area contributed by atoms with Gasteiger partial charge < -0.3 is 10.4 Å². The minimum absolute atomic E-state index is 0.193. The number of aromatic amines is 1. The predicted molar refractivity (Wildman–Crippen MR) is 72.0 cm³/mol. The molecule has 3 N–H and O–H groups in total. The van der Waals surface area contributed by atoms with Crippen molar-refractivity contribution in [1.82, 2.24) is 15.5 Å². The lowest BCUT2D eigenvalue weighted by Crippen LogP contribution is -2.44. The van der Waals surface area contributed by atoms with Crippen molar-refractivity contribution in [2.75, 3.05) is 0 Å². The van der Waals surface area contributed by atoms with Crippen molar-refractivity contribution in [2.24, 2.45) is 5.92 Å². The lowest BCUT2D eigenvalue weighted by molar-refractivity contribution is -0.140. The zero-order chi connectivity index (χ0) is 14.2. The molecule has 2 rings (SSSR count). The molecule has 19 heavy (non-hydrogen) atoms. The summed E-state index contributed by atoms with van der Waals surface area (Å²) in [4.78, 5) is 23.1. The summed E-state index contributed by atoms with van der Waals surface area (Å²) >= 11 is 3.35. The number of carboxylic acid groups (broad SMARTS) is 1. The summed E-state index contributed by atoms with van der Waals surface area (Å²) in [5.74, 6) is -1.28. The van der Waals surface area contributed by atoms with Crippen LogP contribution in [0.5, 0.6) is 0 Å². The van der Waals surface area contributed by atoms with Crippen molar-refractivity contribution in [2.45, 2.75) is 38.6 Å². The number of aliphatic carboxylic acids is 1. The highest BCUT2D eigenvalue weighted by Gasteiger charge is 2.32. The van der Waals surface area contributed by atoms with E-state index in [2.05, 4.69) is 31.4 Å². The molecule has 0 saturated heterocycles. The van der Waals surface area contributed by atoms with E-state index in [-0.39, 0.29) is 11.6 Å². The van der Waals surface area contributed by atoms with Gasteiger partial charge in [0.15, 0.2) is 5.69 Å². The van der Waals surface area contributed by atoms with Gasteiger partial charge in [-0.2, -0.15) is 5.10 Å². The molecule has 1 atom stereocenters. The third-order valence-corrected chi connectivity index (χ3v) is 3.96. The quantitative estimate of drug-likeness (QED) is 0.768. The highest BCUT2D eigenvalue weighted by Crippen LogP contribution is 2.42. The van der Waals surface area contributed by atoms with Gasteiger partial charge in [0.2, 0.25) is 0 Å². The van der Waals surface area contributed by atoms with Crippen LogP contribution in [-0.2, 0) is 4.79 Å². The van der Waals surface area contributed by atoms with E-state index < -0.39 is 17.9 Å². The van der Waals surface area contributed by atoms with Crippen LogP contribution in [0.4, 0.5) is 0 Å². The average molecular weight is 330 g/mol. The molecule has 0 spiro atoms. The number of rotatable bonds is 5. The highest BCUT2D eigenvalue weighted by molar-refractivity contribution is 9.10. The Labute approximate surface area is 119 Å². The molecule has 1 saturated carbocycles. The Hall–Kier alpha value is -1.37. The van der Waals surface area contributed by atoms with Crippen molar-refractivity contribution in [3.05, 3.63) is 15.9 Å². The van der Waals surface area contributed by atoms with Crippen molar-refractivity contribution in [1.29, 1.82) is 0 Å². The zero-order valence-electron chi connectivity index (χ0n) is 10.7. The number of hydrogen-bond acceptors (Lipinski definition) is 3. The topological polar surface area (TPSA) is 95.1 Å². The number of nitrogens with one attached hydrogen (secondary N) is 2. The number of H-pyrrole nitrogens is 1. The first kappa shape index (κ1) is 14.0. The number of hydrogen-bond donors (Lipinski definition) is 3. The maximum absolute atomic E-state index is 12.1. The molecule has 1 unspecified atom stereocenters. The standard InChI is InChI=1S/C12H16BrN3O3/c1-5(2)8(12(18)19)14-11(17)10-7(13)9(15-16-10)6-3-4-6/h5-6,8H,3-4H2,1-2H3,(H,14,17)(H,15,16)(H,18,19). The van der Waals surface area contributed by atoms with Gasteiger partial charge in [0.1, 0.15) is 6.04 Å². The van der Waals surface area contributed by atoms with E-state index >= 15 is 0 Å². The van der Waals surface area contributed by atoms with Crippen LogP contribution >= 0.6 is 15.9 Å². The largest absolute Gasteiger partial charge is 0.480 e. The number of amides is 1. The SMILES string of the molecule is CC(C)C(NC(=O)c1n[nH]c(C2CC2)c1Br)C(=O)O. The van der Waals surface area contributed by atoms with Gasteiger partial charge in [-0.3, -0.25) is 9.89 Å². The molecule has 1 amide bonds. The molecule has 1 fully saturated rings. The predicted octanol–water partition coefficient (Wildman–Crippen LogP) is 1.89. The Bertz CT molecular complexity index is 508. The summed E-state index contributed by atoms with van der Waals surface area (Å²) in [6.45, 7) is 3.49. The van der Waals surface area contributed by atoms with Gasteiger partial charge >= 0.3 is 5.97 Å². The Morgan fingerprint density at radius 2 is 2.11 bits per heavy atom. The van der Waals surface area contributed by atoms with E-state index in [1.807, 2.05) is 0 Å². The molecule has 0 aliphatic heterocycles. The zero-order valence-corrected chi connectivity index (χ0v) is 12.3. The second-order valence-corrected chi connectivity index (χ2v) is 5.90. The number of carboxylic acids is 1. The maximum atomic E-state index is 12.1. The van der Waals surface area contributed by atoms with E-state index in [0.29, 0.717) is 10.4 Å². The third kappa shape index (κ3) is 2.97. The van der Waals surface area contributed by atoms with Gasteiger partial charge in [0.25, 0.3) is 5.91 Å². The fourth-order valence-electron chi connectivity index (χ4n) is 1.86. The summed E-state index contributed by atoms with van der Waals surface area (Å²) < 4.78 is 0.639. The van der Waals surface area contributed by atoms with Crippen LogP contribution < -0.4 is 5.32 Å². The lowest BCUT2D eigenvalue weighted by atomic mass is 10.0. The summed E-state index contributed by atoms with van der Waals surface area (Å²) in [5, 5.41) is 18.4. The van der Waals surface area contributed by atoms with Crippen molar-refractivity contribution in [3.63, 3.8) is 0 Å². The fourth-order valence-corrected chi connectivity index (χ4v) is 2.54. The van der Waals surface area contributed by atoms with E-state index in [4.69, 9.17) is 5.11 Å².